The Balaban J connectivity index is 1.47. The van der Waals surface area contributed by atoms with Crippen LogP contribution in [0.15, 0.2) is 54.7 Å². The van der Waals surface area contributed by atoms with Crippen molar-refractivity contribution in [3.63, 3.8) is 0 Å². The van der Waals surface area contributed by atoms with E-state index in [1.54, 1.807) is 16.7 Å². The summed E-state index contributed by atoms with van der Waals surface area (Å²) in [5.74, 6) is -0.505. The molecule has 26 heavy (non-hydrogen) atoms. The largest absolute Gasteiger partial charge is 0.348 e. The molecular weight excluding hydrogens is 352 g/mol. The van der Waals surface area contributed by atoms with Gasteiger partial charge in [0.2, 0.25) is 5.91 Å². The number of hydrogen-bond donors (Lipinski definition) is 1. The third kappa shape index (κ3) is 4.89. The molecule has 2 heterocycles. The number of pyridine rings is 1. The number of nitrogens with zero attached hydrogens (tertiary/aromatic N) is 3. The maximum absolute atomic E-state index is 12.1. The number of fused-ring (bicyclic) bond motifs is 1. The predicted octanol–water partition coefficient (Wildman–Crippen LogP) is 1.39. The Labute approximate surface area is 152 Å². The Hall–Kier alpha value is -2.74. The van der Waals surface area contributed by atoms with Crippen molar-refractivity contribution >= 4 is 21.4 Å². The van der Waals surface area contributed by atoms with Gasteiger partial charge in [-0.2, -0.15) is 0 Å². The average Bonchev–Trinajstić information content (AvgIpc) is 3.03. The number of sulfone groups is 1. The minimum Gasteiger partial charge on any atom is -0.348 e. The zero-order chi connectivity index (χ0) is 18.4. The molecule has 0 radical (unpaired) electrons. The van der Waals surface area contributed by atoms with Crippen LogP contribution in [0.3, 0.4) is 0 Å². The van der Waals surface area contributed by atoms with E-state index in [0.29, 0.717) is 24.3 Å². The van der Waals surface area contributed by atoms with Gasteiger partial charge in [0, 0.05) is 6.20 Å². The summed E-state index contributed by atoms with van der Waals surface area (Å²) in [6, 6.07) is 15.2. The molecule has 0 saturated heterocycles. The quantitative estimate of drug-likeness (QED) is 0.645. The molecule has 1 aromatic carbocycles. The van der Waals surface area contributed by atoms with Gasteiger partial charge in [0.25, 0.3) is 0 Å². The second-order valence-corrected chi connectivity index (χ2v) is 8.19. The first kappa shape index (κ1) is 18.1. The smallest absolute Gasteiger partial charge is 0.235 e. The fraction of sp³-hybridized carbons (Fsp3) is 0.278. The van der Waals surface area contributed by atoms with Crippen LogP contribution in [0.1, 0.15) is 17.8 Å². The third-order valence-electron chi connectivity index (χ3n) is 3.94. The van der Waals surface area contributed by atoms with Gasteiger partial charge in [-0.05, 0) is 30.5 Å². The molecule has 0 unspecified atom stereocenters. The van der Waals surface area contributed by atoms with Crippen molar-refractivity contribution in [3.05, 3.63) is 66.1 Å². The Morgan fingerprint density at radius 2 is 1.81 bits per heavy atom. The lowest BCUT2D eigenvalue weighted by molar-refractivity contribution is -0.118. The molecule has 0 aliphatic rings. The van der Waals surface area contributed by atoms with Gasteiger partial charge in [-0.15, -0.1) is 10.2 Å². The summed E-state index contributed by atoms with van der Waals surface area (Å²) < 4.78 is 26.0. The highest BCUT2D eigenvalue weighted by atomic mass is 32.2. The van der Waals surface area contributed by atoms with E-state index in [2.05, 4.69) is 15.5 Å². The van der Waals surface area contributed by atoms with Gasteiger partial charge in [0.05, 0.1) is 12.3 Å². The Morgan fingerprint density at radius 3 is 2.62 bits per heavy atom. The topological polar surface area (TPSA) is 93.4 Å². The number of nitrogens with one attached hydrogen (secondary N) is 1. The summed E-state index contributed by atoms with van der Waals surface area (Å²) in [7, 11) is -3.44. The average molecular weight is 372 g/mol. The van der Waals surface area contributed by atoms with Crippen molar-refractivity contribution in [2.45, 2.75) is 19.4 Å². The number of aromatic nitrogens is 3. The Bertz CT molecular complexity index is 984. The van der Waals surface area contributed by atoms with Gasteiger partial charge < -0.3 is 5.32 Å². The zero-order valence-corrected chi connectivity index (χ0v) is 15.0. The molecule has 8 heteroatoms. The maximum atomic E-state index is 12.1. The van der Waals surface area contributed by atoms with Gasteiger partial charge in [-0.3, -0.25) is 9.20 Å². The van der Waals surface area contributed by atoms with Crippen LogP contribution >= 0.6 is 0 Å². The predicted molar refractivity (Wildman–Crippen MR) is 98.3 cm³/mol. The first-order chi connectivity index (χ1) is 12.5. The Kier molecular flexibility index (Phi) is 5.62. The van der Waals surface area contributed by atoms with Crippen LogP contribution in [0.5, 0.6) is 0 Å². The molecule has 2 aromatic heterocycles. The molecule has 136 valence electrons. The van der Waals surface area contributed by atoms with Crippen molar-refractivity contribution in [1.29, 1.82) is 0 Å². The maximum Gasteiger partial charge on any atom is 0.235 e. The van der Waals surface area contributed by atoms with Crippen LogP contribution in [0.4, 0.5) is 0 Å². The van der Waals surface area contributed by atoms with Crippen LogP contribution in [-0.2, 0) is 27.6 Å². The minimum absolute atomic E-state index is 0.0107. The molecule has 7 nitrogen and oxygen atoms in total. The molecule has 0 spiro atoms. The molecule has 1 N–H and O–H groups in total. The fourth-order valence-electron chi connectivity index (χ4n) is 2.65. The summed E-state index contributed by atoms with van der Waals surface area (Å²) in [6.07, 6.45) is 2.96. The van der Waals surface area contributed by atoms with Crippen molar-refractivity contribution in [2.24, 2.45) is 0 Å². The molecule has 0 fully saturated rings. The number of carbonyl (C=O) groups excluding carboxylic acids is 1. The fourth-order valence-corrected chi connectivity index (χ4v) is 3.88. The van der Waals surface area contributed by atoms with E-state index >= 15 is 0 Å². The molecule has 3 aromatic rings. The summed E-state index contributed by atoms with van der Waals surface area (Å²) >= 11 is 0. The molecule has 0 atom stereocenters. The minimum atomic E-state index is -3.44. The van der Waals surface area contributed by atoms with E-state index in [4.69, 9.17) is 0 Å². The molecule has 0 bridgehead atoms. The normalized spacial score (nSPS) is 11.5. The van der Waals surface area contributed by atoms with Crippen molar-refractivity contribution in [2.75, 3.05) is 11.5 Å². The van der Waals surface area contributed by atoms with Crippen molar-refractivity contribution in [1.82, 2.24) is 19.9 Å². The van der Waals surface area contributed by atoms with E-state index in [1.807, 2.05) is 42.5 Å². The monoisotopic (exact) mass is 372 g/mol. The summed E-state index contributed by atoms with van der Waals surface area (Å²) in [6.45, 7) is 0.129. The lowest BCUT2D eigenvalue weighted by atomic mass is 10.1. The number of hydrogen-bond acceptors (Lipinski definition) is 5. The molecule has 0 saturated carbocycles. The summed E-state index contributed by atoms with van der Waals surface area (Å²) in [4.78, 5) is 12.0. The number of benzene rings is 1. The number of carbonyl (C=O) groups is 1. The van der Waals surface area contributed by atoms with E-state index in [-0.39, 0.29) is 12.3 Å². The highest BCUT2D eigenvalue weighted by Gasteiger charge is 2.17. The van der Waals surface area contributed by atoms with Gasteiger partial charge in [-0.25, -0.2) is 8.42 Å². The van der Waals surface area contributed by atoms with Crippen LogP contribution in [0, 0.1) is 0 Å². The highest BCUT2D eigenvalue weighted by Crippen LogP contribution is 2.05. The van der Waals surface area contributed by atoms with Crippen LogP contribution in [0.2, 0.25) is 0 Å². The second kappa shape index (κ2) is 8.09. The summed E-state index contributed by atoms with van der Waals surface area (Å²) in [5.41, 5.74) is 1.76. The molecular formula is C18H20N4O3S. The molecule has 3 rings (SSSR count). The molecule has 0 aliphatic heterocycles. The van der Waals surface area contributed by atoms with Crippen molar-refractivity contribution in [3.8, 4) is 0 Å². The number of aryl methyl sites for hydroxylation is 1. The van der Waals surface area contributed by atoms with Gasteiger partial charge in [0.15, 0.2) is 21.3 Å². The second-order valence-electron chi connectivity index (χ2n) is 6.00. The third-order valence-corrected chi connectivity index (χ3v) is 5.56. The first-order valence-electron chi connectivity index (χ1n) is 8.33. The van der Waals surface area contributed by atoms with E-state index in [0.717, 1.165) is 5.56 Å². The van der Waals surface area contributed by atoms with E-state index in [1.165, 1.54) is 0 Å². The number of amides is 1. The zero-order valence-electron chi connectivity index (χ0n) is 14.2. The standard InChI is InChI=1S/C18H20N4O3S/c23-18(19-13-17-21-20-16-10-4-5-11-22(16)17)14-26(24,25)12-6-9-15-7-2-1-3-8-15/h1-5,7-8,10-11H,6,9,12-14H2,(H,19,23). The van der Waals surface area contributed by atoms with Gasteiger partial charge in [-0.1, -0.05) is 36.4 Å². The lowest BCUT2D eigenvalue weighted by Gasteiger charge is -2.06. The van der Waals surface area contributed by atoms with Crippen LogP contribution in [-0.4, -0.2) is 40.4 Å². The Morgan fingerprint density at radius 1 is 1.04 bits per heavy atom. The first-order valence-corrected chi connectivity index (χ1v) is 10.2. The lowest BCUT2D eigenvalue weighted by Crippen LogP contribution is -2.31. The van der Waals surface area contributed by atoms with Gasteiger partial charge in [0.1, 0.15) is 5.75 Å². The summed E-state index contributed by atoms with van der Waals surface area (Å²) in [5, 5.41) is 10.6. The van der Waals surface area contributed by atoms with Crippen LogP contribution < -0.4 is 5.32 Å². The van der Waals surface area contributed by atoms with E-state index < -0.39 is 21.5 Å². The van der Waals surface area contributed by atoms with Gasteiger partial charge >= 0.3 is 0 Å². The van der Waals surface area contributed by atoms with E-state index in [9.17, 15) is 13.2 Å². The van der Waals surface area contributed by atoms with Crippen LogP contribution in [0.25, 0.3) is 5.65 Å². The molecule has 1 amide bonds. The molecule has 0 aliphatic carbocycles. The highest BCUT2D eigenvalue weighted by molar-refractivity contribution is 7.92. The number of rotatable bonds is 8. The SMILES string of the molecule is O=C(CS(=O)(=O)CCCc1ccccc1)NCc1nnc2ccccn12. The van der Waals surface area contributed by atoms with Crippen molar-refractivity contribution < 1.29 is 13.2 Å².